The van der Waals surface area contributed by atoms with Crippen LogP contribution < -0.4 is 4.74 Å². The number of methoxy groups -OCH3 is 1. The van der Waals surface area contributed by atoms with Crippen LogP contribution in [0.1, 0.15) is 5.56 Å². The van der Waals surface area contributed by atoms with Gasteiger partial charge in [0.05, 0.1) is 7.11 Å². The molecule has 0 spiro atoms. The minimum atomic E-state index is -5.08. The number of hydrogen-bond acceptors (Lipinski definition) is 6. The first-order chi connectivity index (χ1) is 12.0. The summed E-state index contributed by atoms with van der Waals surface area (Å²) in [6.07, 6.45) is -1.87. The van der Waals surface area contributed by atoms with E-state index in [1.54, 1.807) is 50.1 Å². The summed E-state index contributed by atoms with van der Waals surface area (Å²) in [5, 5.41) is 8.87. The van der Waals surface area contributed by atoms with Crippen LogP contribution in [0.3, 0.4) is 0 Å². The monoisotopic (exact) mass is 412 g/mol. The molecule has 0 aliphatic rings. The third-order valence-corrected chi connectivity index (χ3v) is 6.05. The standard InChI is InChI=1S/C12H14N2O3S2.C2HF3O2/c1-14(19(15,16)12-4-3-7-18-12)9-10-8-13-6-5-11(10)17-2;3-2(4,5)1(6)7/h3-8H,9H2,1-2H3;(H,6,7). The summed E-state index contributed by atoms with van der Waals surface area (Å²) in [7, 11) is -0.359. The van der Waals surface area contributed by atoms with Crippen LogP contribution in [0.25, 0.3) is 0 Å². The lowest BCUT2D eigenvalue weighted by molar-refractivity contribution is -0.192. The van der Waals surface area contributed by atoms with Crippen LogP contribution in [0.2, 0.25) is 0 Å². The fourth-order valence-electron chi connectivity index (χ4n) is 1.62. The molecule has 0 atom stereocenters. The normalized spacial score (nSPS) is 11.6. The number of carboxylic acid groups (broad SMARTS) is 1. The summed E-state index contributed by atoms with van der Waals surface area (Å²) in [4.78, 5) is 12.9. The van der Waals surface area contributed by atoms with Crippen molar-refractivity contribution in [3.05, 3.63) is 41.5 Å². The molecule has 0 aliphatic heterocycles. The van der Waals surface area contributed by atoms with Gasteiger partial charge >= 0.3 is 12.1 Å². The molecule has 0 saturated carbocycles. The molecule has 0 radical (unpaired) electrons. The number of halogens is 3. The lowest BCUT2D eigenvalue weighted by atomic mass is 10.2. The van der Waals surface area contributed by atoms with Gasteiger partial charge in [0.1, 0.15) is 9.96 Å². The second-order valence-corrected chi connectivity index (χ2v) is 7.90. The fraction of sp³-hybridized carbons (Fsp3) is 0.286. The molecule has 26 heavy (non-hydrogen) atoms. The summed E-state index contributed by atoms with van der Waals surface area (Å²) in [6, 6.07) is 5.02. The molecular weight excluding hydrogens is 397 g/mol. The van der Waals surface area contributed by atoms with Gasteiger partial charge in [-0.05, 0) is 17.5 Å². The first-order valence-corrected chi connectivity index (χ1v) is 9.09. The predicted octanol–water partition coefficient (Wildman–Crippen LogP) is 2.61. The molecule has 0 aliphatic carbocycles. The second-order valence-electron chi connectivity index (χ2n) is 4.68. The summed E-state index contributed by atoms with van der Waals surface area (Å²) in [5.74, 6) is -2.13. The minimum Gasteiger partial charge on any atom is -0.496 e. The van der Waals surface area contributed by atoms with Crippen LogP contribution in [0.5, 0.6) is 5.75 Å². The van der Waals surface area contributed by atoms with Crippen molar-refractivity contribution >= 4 is 27.3 Å². The van der Waals surface area contributed by atoms with Crippen LogP contribution in [0, 0.1) is 0 Å². The van der Waals surface area contributed by atoms with E-state index in [2.05, 4.69) is 4.98 Å². The number of nitrogens with zero attached hydrogens (tertiary/aromatic N) is 2. The summed E-state index contributed by atoms with van der Waals surface area (Å²) in [5.41, 5.74) is 0.729. The molecule has 0 aromatic carbocycles. The van der Waals surface area contributed by atoms with Gasteiger partial charge < -0.3 is 9.84 Å². The third kappa shape index (κ3) is 5.97. The maximum atomic E-state index is 12.3. The Hall–Kier alpha value is -2.18. The number of sulfonamides is 1. The maximum Gasteiger partial charge on any atom is 0.490 e. The van der Waals surface area contributed by atoms with E-state index in [9.17, 15) is 21.6 Å². The Balaban J connectivity index is 0.000000412. The van der Waals surface area contributed by atoms with Crippen molar-refractivity contribution in [1.82, 2.24) is 9.29 Å². The largest absolute Gasteiger partial charge is 0.496 e. The topological polar surface area (TPSA) is 96.8 Å². The van der Waals surface area contributed by atoms with Gasteiger partial charge in [-0.15, -0.1) is 11.3 Å². The number of hydrogen-bond donors (Lipinski definition) is 1. The Morgan fingerprint density at radius 2 is 2.00 bits per heavy atom. The molecule has 12 heteroatoms. The van der Waals surface area contributed by atoms with Gasteiger partial charge in [0, 0.05) is 31.5 Å². The molecule has 2 aromatic heterocycles. The number of pyridine rings is 1. The number of carboxylic acids is 1. The molecule has 144 valence electrons. The molecule has 0 unspecified atom stereocenters. The number of aromatic nitrogens is 1. The Bertz CT molecular complexity index is 823. The fourth-order valence-corrected chi connectivity index (χ4v) is 3.97. The van der Waals surface area contributed by atoms with E-state index >= 15 is 0 Å². The maximum absolute atomic E-state index is 12.3. The average Bonchev–Trinajstić information content (AvgIpc) is 3.10. The van der Waals surface area contributed by atoms with Crippen molar-refractivity contribution in [2.75, 3.05) is 14.2 Å². The number of aliphatic carboxylic acids is 1. The molecule has 0 fully saturated rings. The highest BCUT2D eigenvalue weighted by Crippen LogP contribution is 2.24. The van der Waals surface area contributed by atoms with E-state index in [1.165, 1.54) is 15.6 Å². The van der Waals surface area contributed by atoms with E-state index in [0.717, 1.165) is 5.56 Å². The number of carbonyl (C=O) groups is 1. The van der Waals surface area contributed by atoms with Gasteiger partial charge in [-0.3, -0.25) is 4.98 Å². The first-order valence-electron chi connectivity index (χ1n) is 6.77. The van der Waals surface area contributed by atoms with Crippen LogP contribution in [-0.4, -0.2) is 49.1 Å². The van der Waals surface area contributed by atoms with E-state index in [0.29, 0.717) is 9.96 Å². The van der Waals surface area contributed by atoms with E-state index < -0.39 is 22.2 Å². The van der Waals surface area contributed by atoms with Crippen LogP contribution in [-0.2, 0) is 21.4 Å². The Labute approximate surface area is 151 Å². The third-order valence-electron chi connectivity index (χ3n) is 2.87. The van der Waals surface area contributed by atoms with Crippen molar-refractivity contribution in [3.8, 4) is 5.75 Å². The van der Waals surface area contributed by atoms with E-state index in [-0.39, 0.29) is 6.54 Å². The van der Waals surface area contributed by atoms with Crippen molar-refractivity contribution in [1.29, 1.82) is 0 Å². The summed E-state index contributed by atoms with van der Waals surface area (Å²) >= 11 is 1.20. The van der Waals surface area contributed by atoms with Gasteiger partial charge in [-0.1, -0.05) is 6.07 Å². The Morgan fingerprint density at radius 1 is 1.38 bits per heavy atom. The number of ether oxygens (including phenoxy) is 1. The first kappa shape index (κ1) is 21.9. The van der Waals surface area contributed by atoms with Crippen LogP contribution in [0.15, 0.2) is 40.2 Å². The molecular formula is C14H15F3N2O5S2. The number of rotatable bonds is 5. The van der Waals surface area contributed by atoms with E-state index in [1.807, 2.05) is 0 Å². The molecule has 0 bridgehead atoms. The van der Waals surface area contributed by atoms with Gasteiger partial charge in [0.25, 0.3) is 10.0 Å². The Morgan fingerprint density at radius 3 is 2.46 bits per heavy atom. The second kappa shape index (κ2) is 8.96. The van der Waals surface area contributed by atoms with Gasteiger partial charge in [-0.25, -0.2) is 13.2 Å². The summed E-state index contributed by atoms with van der Waals surface area (Å²) in [6.45, 7) is 0.219. The van der Waals surface area contributed by atoms with Crippen LogP contribution >= 0.6 is 11.3 Å². The van der Waals surface area contributed by atoms with Crippen molar-refractivity contribution in [2.45, 2.75) is 16.9 Å². The van der Waals surface area contributed by atoms with Gasteiger partial charge in [0.2, 0.25) is 0 Å². The average molecular weight is 412 g/mol. The highest BCUT2D eigenvalue weighted by molar-refractivity contribution is 7.91. The quantitative estimate of drug-likeness (QED) is 0.811. The number of alkyl halides is 3. The Kier molecular flexibility index (Phi) is 7.54. The molecule has 0 amide bonds. The summed E-state index contributed by atoms with van der Waals surface area (Å²) < 4.78 is 63.1. The lowest BCUT2D eigenvalue weighted by Gasteiger charge is -2.17. The highest BCUT2D eigenvalue weighted by Gasteiger charge is 2.38. The number of thiophene rings is 1. The lowest BCUT2D eigenvalue weighted by Crippen LogP contribution is -2.26. The highest BCUT2D eigenvalue weighted by atomic mass is 32.2. The molecule has 0 saturated heterocycles. The minimum absolute atomic E-state index is 0.219. The van der Waals surface area contributed by atoms with Crippen molar-refractivity contribution in [3.63, 3.8) is 0 Å². The zero-order valence-electron chi connectivity index (χ0n) is 13.6. The van der Waals surface area contributed by atoms with Crippen molar-refractivity contribution in [2.24, 2.45) is 0 Å². The zero-order chi connectivity index (χ0) is 20.0. The van der Waals surface area contributed by atoms with Crippen molar-refractivity contribution < 1.29 is 36.2 Å². The molecule has 2 rings (SSSR count). The van der Waals surface area contributed by atoms with Gasteiger partial charge in [0.15, 0.2) is 0 Å². The smallest absolute Gasteiger partial charge is 0.490 e. The molecule has 2 aromatic rings. The van der Waals surface area contributed by atoms with Crippen LogP contribution in [0.4, 0.5) is 13.2 Å². The molecule has 2 heterocycles. The predicted molar refractivity (Wildman–Crippen MR) is 87.5 cm³/mol. The van der Waals surface area contributed by atoms with Gasteiger partial charge in [-0.2, -0.15) is 17.5 Å². The SMILES string of the molecule is COc1ccncc1CN(C)S(=O)(=O)c1cccs1.O=C(O)C(F)(F)F. The molecule has 7 nitrogen and oxygen atoms in total. The molecule has 1 N–H and O–H groups in total. The zero-order valence-corrected chi connectivity index (χ0v) is 15.2. The van der Waals surface area contributed by atoms with E-state index in [4.69, 9.17) is 14.6 Å².